The average molecular weight is 145 g/mol. The standard InChI is InChI=1S/C3H7N5S/c1-8-3(6-5)9-2(4)7-8/h5H2,1H3,(H2,4,7). The van der Waals surface area contributed by atoms with E-state index in [1.807, 2.05) is 0 Å². The van der Waals surface area contributed by atoms with Gasteiger partial charge < -0.3 is 11.6 Å². The van der Waals surface area contributed by atoms with Gasteiger partial charge in [0, 0.05) is 7.05 Å². The highest BCUT2D eigenvalue weighted by Gasteiger charge is 1.92. The summed E-state index contributed by atoms with van der Waals surface area (Å²) in [6.45, 7) is 0. The molecule has 1 rings (SSSR count). The molecule has 0 unspecified atom stereocenters. The lowest BCUT2D eigenvalue weighted by atomic mass is 11.2. The first-order chi connectivity index (χ1) is 4.24. The number of aryl methyl sites for hydroxylation is 1. The zero-order valence-electron chi connectivity index (χ0n) is 4.90. The zero-order chi connectivity index (χ0) is 6.85. The Kier molecular flexibility index (Phi) is 1.39. The minimum Gasteiger partial charge on any atom is -0.374 e. The monoisotopic (exact) mass is 145 g/mol. The molecule has 0 atom stereocenters. The van der Waals surface area contributed by atoms with Crippen molar-refractivity contribution in [1.82, 2.24) is 9.78 Å². The Morgan fingerprint density at radius 2 is 2.44 bits per heavy atom. The summed E-state index contributed by atoms with van der Waals surface area (Å²) in [5.41, 5.74) is 5.33. The molecule has 5 nitrogen and oxygen atoms in total. The van der Waals surface area contributed by atoms with Crippen LogP contribution in [-0.2, 0) is 7.05 Å². The molecule has 6 heteroatoms. The van der Waals surface area contributed by atoms with Crippen molar-refractivity contribution in [2.24, 2.45) is 18.0 Å². The van der Waals surface area contributed by atoms with Gasteiger partial charge in [-0.15, -0.1) is 5.10 Å². The van der Waals surface area contributed by atoms with Crippen LogP contribution >= 0.6 is 11.3 Å². The molecule has 0 saturated heterocycles. The first-order valence-corrected chi connectivity index (χ1v) is 3.09. The molecule has 9 heavy (non-hydrogen) atoms. The molecule has 0 fully saturated rings. The van der Waals surface area contributed by atoms with Gasteiger partial charge in [0.1, 0.15) is 0 Å². The number of hydrogen-bond acceptors (Lipinski definition) is 5. The molecule has 0 spiro atoms. The van der Waals surface area contributed by atoms with Gasteiger partial charge in [0.15, 0.2) is 0 Å². The predicted octanol–water partition coefficient (Wildman–Crippen LogP) is -1.16. The van der Waals surface area contributed by atoms with E-state index in [2.05, 4.69) is 10.2 Å². The van der Waals surface area contributed by atoms with Gasteiger partial charge in [0.2, 0.25) is 9.93 Å². The van der Waals surface area contributed by atoms with Crippen LogP contribution in [0.25, 0.3) is 0 Å². The number of nitrogens with two attached hydrogens (primary N) is 2. The highest BCUT2D eigenvalue weighted by Crippen LogP contribution is 1.95. The quantitative estimate of drug-likeness (QED) is 0.357. The van der Waals surface area contributed by atoms with Gasteiger partial charge in [-0.05, 0) is 0 Å². The summed E-state index contributed by atoms with van der Waals surface area (Å²) in [6.07, 6.45) is 0. The van der Waals surface area contributed by atoms with E-state index in [0.717, 1.165) is 0 Å². The van der Waals surface area contributed by atoms with E-state index in [1.165, 1.54) is 16.0 Å². The van der Waals surface area contributed by atoms with Crippen LogP contribution in [0, 0.1) is 0 Å². The summed E-state index contributed by atoms with van der Waals surface area (Å²) >= 11 is 1.25. The largest absolute Gasteiger partial charge is 0.374 e. The fourth-order valence-electron chi connectivity index (χ4n) is 0.481. The molecule has 0 aliphatic heterocycles. The van der Waals surface area contributed by atoms with E-state index in [-0.39, 0.29) is 0 Å². The Balaban J connectivity index is 3.33. The SMILES string of the molecule is Cn1nc(N)sc1=NN. The Bertz CT molecular complexity index is 257. The van der Waals surface area contributed by atoms with Gasteiger partial charge in [-0.1, -0.05) is 11.3 Å². The molecule has 0 radical (unpaired) electrons. The number of aromatic nitrogens is 2. The molecule has 4 N–H and O–H groups in total. The smallest absolute Gasteiger partial charge is 0.226 e. The summed E-state index contributed by atoms with van der Waals surface area (Å²) in [7, 11) is 1.73. The average Bonchev–Trinajstić information content (AvgIpc) is 2.10. The van der Waals surface area contributed by atoms with Crippen LogP contribution < -0.4 is 16.4 Å². The molecule has 0 bridgehead atoms. The van der Waals surface area contributed by atoms with Crippen molar-refractivity contribution in [3.05, 3.63) is 4.80 Å². The van der Waals surface area contributed by atoms with Crippen LogP contribution in [0.2, 0.25) is 0 Å². The second-order valence-electron chi connectivity index (χ2n) is 1.48. The van der Waals surface area contributed by atoms with Crippen molar-refractivity contribution in [3.8, 4) is 0 Å². The maximum Gasteiger partial charge on any atom is 0.226 e. The van der Waals surface area contributed by atoms with E-state index in [9.17, 15) is 0 Å². The number of rotatable bonds is 0. The van der Waals surface area contributed by atoms with Crippen LogP contribution in [0.5, 0.6) is 0 Å². The Morgan fingerprint density at radius 3 is 2.67 bits per heavy atom. The lowest BCUT2D eigenvalue weighted by Gasteiger charge is -1.81. The van der Waals surface area contributed by atoms with Crippen LogP contribution in [0.4, 0.5) is 5.13 Å². The van der Waals surface area contributed by atoms with Crippen molar-refractivity contribution in [1.29, 1.82) is 0 Å². The molecule has 0 aromatic carbocycles. The van der Waals surface area contributed by atoms with Gasteiger partial charge in [-0.2, -0.15) is 5.10 Å². The molecule has 1 heterocycles. The predicted molar refractivity (Wildman–Crippen MR) is 35.2 cm³/mol. The summed E-state index contributed by atoms with van der Waals surface area (Å²) < 4.78 is 1.53. The molecule has 0 amide bonds. The molecular formula is C3H7N5S. The van der Waals surface area contributed by atoms with E-state index >= 15 is 0 Å². The van der Waals surface area contributed by atoms with Gasteiger partial charge in [-0.3, -0.25) is 0 Å². The van der Waals surface area contributed by atoms with E-state index in [0.29, 0.717) is 9.93 Å². The first kappa shape index (κ1) is 6.09. The van der Waals surface area contributed by atoms with Crippen molar-refractivity contribution in [2.45, 2.75) is 0 Å². The lowest BCUT2D eigenvalue weighted by molar-refractivity contribution is 0.725. The van der Waals surface area contributed by atoms with E-state index < -0.39 is 0 Å². The minimum absolute atomic E-state index is 0.474. The lowest BCUT2D eigenvalue weighted by Crippen LogP contribution is -2.13. The Hall–Kier alpha value is -1.04. The van der Waals surface area contributed by atoms with Crippen molar-refractivity contribution in [2.75, 3.05) is 5.73 Å². The van der Waals surface area contributed by atoms with Crippen LogP contribution in [0.3, 0.4) is 0 Å². The third kappa shape index (κ3) is 1.02. The minimum atomic E-state index is 0.474. The second kappa shape index (κ2) is 2.06. The highest BCUT2D eigenvalue weighted by atomic mass is 32.1. The number of anilines is 1. The summed E-state index contributed by atoms with van der Waals surface area (Å²) in [4.78, 5) is 0.618. The fraction of sp³-hybridized carbons (Fsp3) is 0.333. The van der Waals surface area contributed by atoms with Gasteiger partial charge in [-0.25, -0.2) is 4.68 Å². The summed E-state index contributed by atoms with van der Waals surface area (Å²) in [5.74, 6) is 4.98. The number of nitrogens with zero attached hydrogens (tertiary/aromatic N) is 3. The topological polar surface area (TPSA) is 82.2 Å². The molecular weight excluding hydrogens is 138 g/mol. The van der Waals surface area contributed by atoms with E-state index in [4.69, 9.17) is 11.6 Å². The maximum absolute atomic E-state index is 5.33. The molecule has 0 saturated carbocycles. The van der Waals surface area contributed by atoms with Gasteiger partial charge >= 0.3 is 0 Å². The Morgan fingerprint density at radius 1 is 1.78 bits per heavy atom. The number of nitrogen functional groups attached to an aromatic ring is 1. The zero-order valence-corrected chi connectivity index (χ0v) is 5.72. The molecule has 1 aromatic rings. The van der Waals surface area contributed by atoms with Gasteiger partial charge in [0.25, 0.3) is 0 Å². The van der Waals surface area contributed by atoms with E-state index in [1.54, 1.807) is 7.05 Å². The Labute approximate surface area is 55.6 Å². The van der Waals surface area contributed by atoms with Crippen molar-refractivity contribution < 1.29 is 0 Å². The normalized spacial score (nSPS) is 12.3. The van der Waals surface area contributed by atoms with Crippen molar-refractivity contribution >= 4 is 16.5 Å². The van der Waals surface area contributed by atoms with Crippen LogP contribution in [0.1, 0.15) is 0 Å². The fourth-order valence-corrected chi connectivity index (χ4v) is 1.06. The first-order valence-electron chi connectivity index (χ1n) is 2.27. The number of hydrogen-bond donors (Lipinski definition) is 2. The van der Waals surface area contributed by atoms with Crippen LogP contribution in [0.15, 0.2) is 5.10 Å². The second-order valence-corrected chi connectivity index (χ2v) is 2.46. The summed E-state index contributed by atoms with van der Waals surface area (Å²) in [5, 5.41) is 7.72. The third-order valence-electron chi connectivity index (χ3n) is 0.832. The van der Waals surface area contributed by atoms with Gasteiger partial charge in [0.05, 0.1) is 0 Å². The molecule has 1 aromatic heterocycles. The third-order valence-corrected chi connectivity index (χ3v) is 1.67. The highest BCUT2D eigenvalue weighted by molar-refractivity contribution is 7.12. The van der Waals surface area contributed by atoms with Crippen molar-refractivity contribution in [3.63, 3.8) is 0 Å². The molecule has 0 aliphatic carbocycles. The summed E-state index contributed by atoms with van der Waals surface area (Å²) in [6, 6.07) is 0. The van der Waals surface area contributed by atoms with Crippen LogP contribution in [-0.4, -0.2) is 9.78 Å². The molecule has 0 aliphatic rings. The maximum atomic E-state index is 5.33. The molecule has 50 valence electrons.